The third kappa shape index (κ3) is 1.92. The summed E-state index contributed by atoms with van der Waals surface area (Å²) >= 11 is 0. The number of hydrogen-bond acceptors (Lipinski definition) is 7. The second-order valence-electron chi connectivity index (χ2n) is 5.58. The van der Waals surface area contributed by atoms with Gasteiger partial charge in [0, 0.05) is 12.5 Å². The number of aliphatic hydroxyl groups is 2. The molecule has 1 fully saturated rings. The zero-order valence-corrected chi connectivity index (χ0v) is 11.4. The molecule has 9 heteroatoms. The van der Waals surface area contributed by atoms with Crippen LogP contribution >= 0.6 is 0 Å². The van der Waals surface area contributed by atoms with Crippen LogP contribution in [0.3, 0.4) is 0 Å². The molecule has 3 rings (SSSR count). The zero-order valence-electron chi connectivity index (χ0n) is 11.4. The van der Waals surface area contributed by atoms with E-state index in [4.69, 9.17) is 11.5 Å². The Morgan fingerprint density at radius 2 is 2.19 bits per heavy atom. The third-order valence-electron chi connectivity index (χ3n) is 4.24. The summed E-state index contributed by atoms with van der Waals surface area (Å²) in [5.74, 6) is -0.451. The van der Waals surface area contributed by atoms with Crippen molar-refractivity contribution >= 4 is 22.9 Å². The molecule has 0 bridgehead atoms. The first-order valence-electron chi connectivity index (χ1n) is 6.59. The molecule has 0 saturated heterocycles. The molecule has 4 atom stereocenters. The fourth-order valence-corrected chi connectivity index (χ4v) is 3.05. The molecule has 6 N–H and O–H groups in total. The number of alkyl halides is 1. The molecule has 0 aliphatic heterocycles. The third-order valence-corrected chi connectivity index (χ3v) is 4.24. The lowest BCUT2D eigenvalue weighted by molar-refractivity contribution is -0.0197. The molecular weight excluding hydrogens is 279 g/mol. The number of aromatic nitrogens is 4. The Morgan fingerprint density at radius 3 is 2.81 bits per heavy atom. The van der Waals surface area contributed by atoms with Crippen molar-refractivity contribution in [2.75, 3.05) is 18.1 Å². The van der Waals surface area contributed by atoms with E-state index in [1.54, 1.807) is 0 Å². The highest BCUT2D eigenvalue weighted by molar-refractivity contribution is 5.82. The second-order valence-corrected chi connectivity index (χ2v) is 5.58. The first-order chi connectivity index (χ1) is 9.86. The van der Waals surface area contributed by atoms with E-state index in [9.17, 15) is 14.6 Å². The van der Waals surface area contributed by atoms with Crippen molar-refractivity contribution in [3.63, 3.8) is 0 Å². The monoisotopic (exact) mass is 296 g/mol. The standard InChI is InChI=1S/C12H17FN6O2/c1-12(13)6(2-5(3-20)8(12)21)19-4-16-7-9(14)17-11(15)18-10(7)19/h4-6,8,20-21H,2-3H2,1H3,(H4,14,15,17,18)/t5-,6-,8?,12+/m1/s1. The van der Waals surface area contributed by atoms with Crippen LogP contribution in [0, 0.1) is 5.92 Å². The minimum atomic E-state index is -1.92. The van der Waals surface area contributed by atoms with Gasteiger partial charge in [0.15, 0.2) is 17.1 Å². The van der Waals surface area contributed by atoms with Gasteiger partial charge in [-0.2, -0.15) is 9.97 Å². The van der Waals surface area contributed by atoms with Crippen molar-refractivity contribution in [1.29, 1.82) is 0 Å². The predicted octanol–water partition coefficient (Wildman–Crippen LogP) is -0.367. The van der Waals surface area contributed by atoms with E-state index in [-0.39, 0.29) is 24.8 Å². The largest absolute Gasteiger partial charge is 0.396 e. The summed E-state index contributed by atoms with van der Waals surface area (Å²) in [5, 5.41) is 19.3. The fraction of sp³-hybridized carbons (Fsp3) is 0.583. The van der Waals surface area contributed by atoms with E-state index in [1.807, 2.05) is 0 Å². The molecule has 2 aromatic heterocycles. The van der Waals surface area contributed by atoms with Gasteiger partial charge in [-0.25, -0.2) is 9.37 Å². The molecule has 1 unspecified atom stereocenters. The number of nitrogens with zero attached hydrogens (tertiary/aromatic N) is 4. The molecule has 0 amide bonds. The first kappa shape index (κ1) is 14.0. The normalized spacial score (nSPS) is 32.9. The Labute approximate surface area is 119 Å². The van der Waals surface area contributed by atoms with Crippen molar-refractivity contribution in [3.05, 3.63) is 6.33 Å². The van der Waals surface area contributed by atoms with Gasteiger partial charge in [-0.1, -0.05) is 0 Å². The van der Waals surface area contributed by atoms with Crippen LogP contribution in [0.1, 0.15) is 19.4 Å². The number of halogens is 1. The molecule has 21 heavy (non-hydrogen) atoms. The van der Waals surface area contributed by atoms with Gasteiger partial charge in [-0.3, -0.25) is 0 Å². The molecule has 0 aromatic carbocycles. The van der Waals surface area contributed by atoms with Gasteiger partial charge in [0.1, 0.15) is 5.52 Å². The lowest BCUT2D eigenvalue weighted by Crippen LogP contribution is -2.38. The van der Waals surface area contributed by atoms with Crippen LogP contribution in [0.15, 0.2) is 6.33 Å². The fourth-order valence-electron chi connectivity index (χ4n) is 3.05. The van der Waals surface area contributed by atoms with E-state index >= 15 is 0 Å². The molecule has 2 aromatic rings. The lowest BCUT2D eigenvalue weighted by Gasteiger charge is -2.27. The Hall–Kier alpha value is -2.00. The summed E-state index contributed by atoms with van der Waals surface area (Å²) in [4.78, 5) is 12.0. The van der Waals surface area contributed by atoms with Crippen molar-refractivity contribution in [2.24, 2.45) is 5.92 Å². The van der Waals surface area contributed by atoms with Gasteiger partial charge in [0.2, 0.25) is 5.95 Å². The summed E-state index contributed by atoms with van der Waals surface area (Å²) in [6, 6.07) is -0.719. The average Bonchev–Trinajstić information content (AvgIpc) is 2.91. The molecule has 8 nitrogen and oxygen atoms in total. The smallest absolute Gasteiger partial charge is 0.224 e. The molecule has 2 heterocycles. The summed E-state index contributed by atoms with van der Waals surface area (Å²) in [7, 11) is 0. The number of imidazole rings is 1. The highest BCUT2D eigenvalue weighted by Gasteiger charge is 2.53. The van der Waals surface area contributed by atoms with Crippen molar-refractivity contribution < 1.29 is 14.6 Å². The predicted molar refractivity (Wildman–Crippen MR) is 73.9 cm³/mol. The van der Waals surface area contributed by atoms with Gasteiger partial charge in [0.25, 0.3) is 0 Å². The first-order valence-corrected chi connectivity index (χ1v) is 6.59. The topological polar surface area (TPSA) is 136 Å². The Bertz CT molecular complexity index is 688. The van der Waals surface area contributed by atoms with Crippen LogP contribution in [0.25, 0.3) is 11.2 Å². The number of fused-ring (bicyclic) bond motifs is 1. The van der Waals surface area contributed by atoms with E-state index in [0.29, 0.717) is 11.2 Å². The van der Waals surface area contributed by atoms with Gasteiger partial charge < -0.3 is 26.2 Å². The molecule has 0 spiro atoms. The zero-order chi connectivity index (χ0) is 15.4. The molecule has 1 aliphatic rings. The average molecular weight is 296 g/mol. The van der Waals surface area contributed by atoms with Gasteiger partial charge >= 0.3 is 0 Å². The Balaban J connectivity index is 2.13. The van der Waals surface area contributed by atoms with E-state index in [1.165, 1.54) is 17.8 Å². The van der Waals surface area contributed by atoms with Crippen molar-refractivity contribution in [2.45, 2.75) is 31.2 Å². The lowest BCUT2D eigenvalue weighted by atomic mass is 9.98. The Morgan fingerprint density at radius 1 is 1.48 bits per heavy atom. The van der Waals surface area contributed by atoms with Gasteiger partial charge in [-0.15, -0.1) is 0 Å². The second kappa shape index (κ2) is 4.50. The maximum absolute atomic E-state index is 14.9. The Kier molecular flexibility index (Phi) is 2.99. The number of nitrogen functional groups attached to an aromatic ring is 2. The van der Waals surface area contributed by atoms with Crippen LogP contribution in [-0.2, 0) is 0 Å². The summed E-state index contributed by atoms with van der Waals surface area (Å²) in [6.07, 6.45) is 0.408. The van der Waals surface area contributed by atoms with Crippen LogP contribution < -0.4 is 11.5 Å². The molecule has 1 aliphatic carbocycles. The van der Waals surface area contributed by atoms with Crippen molar-refractivity contribution in [1.82, 2.24) is 19.5 Å². The minimum absolute atomic E-state index is 0.0282. The molecular formula is C12H17FN6O2. The highest BCUT2D eigenvalue weighted by atomic mass is 19.1. The van der Waals surface area contributed by atoms with Gasteiger partial charge in [-0.05, 0) is 13.3 Å². The summed E-state index contributed by atoms with van der Waals surface area (Å²) in [6.45, 7) is 1.01. The summed E-state index contributed by atoms with van der Waals surface area (Å²) < 4.78 is 16.4. The van der Waals surface area contributed by atoms with Crippen molar-refractivity contribution in [3.8, 4) is 0 Å². The SMILES string of the molecule is C[C@@]1(F)C(O)[C@@H](CO)C[C@H]1n1cnc2c(N)nc(N)nc21. The van der Waals surface area contributed by atoms with E-state index < -0.39 is 23.7 Å². The number of aliphatic hydroxyl groups excluding tert-OH is 2. The summed E-state index contributed by atoms with van der Waals surface area (Å²) in [5.41, 5.74) is 10.0. The van der Waals surface area contributed by atoms with E-state index in [2.05, 4.69) is 15.0 Å². The van der Waals surface area contributed by atoms with Crippen LogP contribution in [-0.4, -0.2) is 48.1 Å². The van der Waals surface area contributed by atoms with Crippen LogP contribution in [0.4, 0.5) is 16.2 Å². The maximum atomic E-state index is 14.9. The van der Waals surface area contributed by atoms with Gasteiger partial charge in [0.05, 0.1) is 18.5 Å². The number of rotatable bonds is 2. The van der Waals surface area contributed by atoms with E-state index in [0.717, 1.165) is 0 Å². The molecule has 0 radical (unpaired) electrons. The highest BCUT2D eigenvalue weighted by Crippen LogP contribution is 2.46. The maximum Gasteiger partial charge on any atom is 0.224 e. The number of hydrogen-bond donors (Lipinski definition) is 4. The quantitative estimate of drug-likeness (QED) is 0.593. The van der Waals surface area contributed by atoms with Crippen LogP contribution in [0.5, 0.6) is 0 Å². The van der Waals surface area contributed by atoms with Crippen LogP contribution in [0.2, 0.25) is 0 Å². The molecule has 1 saturated carbocycles. The minimum Gasteiger partial charge on any atom is -0.396 e. The number of anilines is 2. The molecule has 114 valence electrons. The number of nitrogens with two attached hydrogens (primary N) is 2.